The molecule has 1 amide bonds. The van der Waals surface area contributed by atoms with Crippen molar-refractivity contribution in [3.05, 3.63) is 30.1 Å². The number of nitrogens with zero attached hydrogens (tertiary/aromatic N) is 2. The van der Waals surface area contributed by atoms with Crippen molar-refractivity contribution in [3.63, 3.8) is 0 Å². The molecule has 106 valence electrons. The second-order valence-electron chi connectivity index (χ2n) is 4.10. The Hall–Kier alpha value is -1.47. The van der Waals surface area contributed by atoms with Crippen LogP contribution < -0.4 is 4.57 Å². The Morgan fingerprint density at radius 3 is 2.21 bits per heavy atom. The molecule has 0 radical (unpaired) electrons. The predicted octanol–water partition coefficient (Wildman–Crippen LogP) is 0.714. The molecule has 0 spiro atoms. The van der Waals surface area contributed by atoms with E-state index >= 15 is 0 Å². The predicted molar refractivity (Wildman–Crippen MR) is 70.5 cm³/mol. The first-order chi connectivity index (χ1) is 8.87. The fraction of sp³-hybridized carbons (Fsp3) is 0.500. The molecule has 0 unspecified atom stereocenters. The number of carbonyl (C=O) groups is 1. The first-order valence-corrected chi connectivity index (χ1v) is 7.73. The number of rotatable bonds is 5. The van der Waals surface area contributed by atoms with Gasteiger partial charge in [0.2, 0.25) is 0 Å². The molecule has 0 aliphatic rings. The van der Waals surface area contributed by atoms with Gasteiger partial charge in [-0.15, -0.1) is 0 Å². The van der Waals surface area contributed by atoms with Gasteiger partial charge in [0.1, 0.15) is 0 Å². The van der Waals surface area contributed by atoms with Crippen molar-refractivity contribution >= 4 is 16.1 Å². The van der Waals surface area contributed by atoms with Gasteiger partial charge in [0, 0.05) is 0 Å². The van der Waals surface area contributed by atoms with Crippen LogP contribution >= 0.6 is 0 Å². The van der Waals surface area contributed by atoms with Crippen molar-refractivity contribution < 1.29 is 22.3 Å². The van der Waals surface area contributed by atoms with Crippen molar-refractivity contribution in [2.45, 2.75) is 20.3 Å². The number of carbonyl (C=O) groups excluding carboxylic acids is 1. The summed E-state index contributed by atoms with van der Waals surface area (Å²) in [6.45, 7) is 5.07. The summed E-state index contributed by atoms with van der Waals surface area (Å²) < 4.78 is 31.4. The monoisotopic (exact) mass is 287 g/mol. The minimum absolute atomic E-state index is 0.119. The van der Waals surface area contributed by atoms with Crippen LogP contribution in [0.2, 0.25) is 0 Å². The minimum atomic E-state index is -3.95. The maximum absolute atomic E-state index is 12.0. The van der Waals surface area contributed by atoms with E-state index in [-0.39, 0.29) is 18.2 Å². The van der Waals surface area contributed by atoms with Crippen molar-refractivity contribution in [2.75, 3.05) is 18.8 Å². The highest BCUT2D eigenvalue weighted by Gasteiger charge is 2.20. The molecule has 0 saturated heterocycles. The van der Waals surface area contributed by atoms with Gasteiger partial charge in [0.25, 0.3) is 10.1 Å². The van der Waals surface area contributed by atoms with Gasteiger partial charge >= 0.3 is 6.03 Å². The molecule has 0 aromatic carbocycles. The molecule has 1 aromatic heterocycles. The zero-order valence-corrected chi connectivity index (χ0v) is 11.9. The van der Waals surface area contributed by atoms with Crippen LogP contribution in [-0.2, 0) is 16.5 Å². The molecule has 1 heterocycles. The Bertz CT molecular complexity index is 521. The van der Waals surface area contributed by atoms with Crippen LogP contribution in [0.25, 0.3) is 0 Å². The topological polar surface area (TPSA) is 78.6 Å². The van der Waals surface area contributed by atoms with E-state index in [1.807, 2.05) is 13.8 Å². The summed E-state index contributed by atoms with van der Waals surface area (Å²) in [5, 5.41) is 0. The maximum Gasteiger partial charge on any atom is 0.497 e. The number of aryl methyl sites for hydroxylation is 1. The SMILES string of the molecule is CCN(CC)C(=O)[n+]1ccc(CCS(=O)(=O)O)cc1. The van der Waals surface area contributed by atoms with E-state index in [1.54, 1.807) is 29.4 Å². The molecule has 0 fully saturated rings. The van der Waals surface area contributed by atoms with Gasteiger partial charge in [-0.25, -0.2) is 4.90 Å². The summed E-state index contributed by atoms with van der Waals surface area (Å²) in [4.78, 5) is 13.7. The van der Waals surface area contributed by atoms with Gasteiger partial charge in [-0.05, 0) is 38.0 Å². The lowest BCUT2D eigenvalue weighted by Gasteiger charge is -2.10. The Balaban J connectivity index is 2.73. The van der Waals surface area contributed by atoms with Crippen LogP contribution in [-0.4, -0.2) is 42.7 Å². The highest BCUT2D eigenvalue weighted by molar-refractivity contribution is 7.85. The van der Waals surface area contributed by atoms with E-state index < -0.39 is 10.1 Å². The molecule has 0 saturated carbocycles. The summed E-state index contributed by atoms with van der Waals surface area (Å²) in [5.41, 5.74) is 0.751. The number of amides is 1. The van der Waals surface area contributed by atoms with Crippen molar-refractivity contribution in [3.8, 4) is 0 Å². The molecule has 1 aromatic rings. The van der Waals surface area contributed by atoms with Gasteiger partial charge in [-0.1, -0.05) is 0 Å². The molecule has 0 atom stereocenters. The number of hydrogen-bond acceptors (Lipinski definition) is 3. The first-order valence-electron chi connectivity index (χ1n) is 6.12. The molecule has 7 heteroatoms. The lowest BCUT2D eigenvalue weighted by Crippen LogP contribution is -2.51. The van der Waals surface area contributed by atoms with Crippen molar-refractivity contribution in [1.29, 1.82) is 0 Å². The number of hydrogen-bond donors (Lipinski definition) is 1. The van der Waals surface area contributed by atoms with E-state index in [1.165, 1.54) is 4.57 Å². The van der Waals surface area contributed by atoms with E-state index in [2.05, 4.69) is 0 Å². The second kappa shape index (κ2) is 6.63. The Kier molecular flexibility index (Phi) is 5.44. The van der Waals surface area contributed by atoms with Crippen LogP contribution in [0.5, 0.6) is 0 Å². The van der Waals surface area contributed by atoms with Gasteiger partial charge in [0.05, 0.1) is 31.2 Å². The summed E-state index contributed by atoms with van der Waals surface area (Å²) in [6, 6.07) is 3.23. The van der Waals surface area contributed by atoms with Crippen LogP contribution in [0.15, 0.2) is 24.5 Å². The lowest BCUT2D eigenvalue weighted by molar-refractivity contribution is -0.578. The first kappa shape index (κ1) is 15.6. The summed E-state index contributed by atoms with van der Waals surface area (Å²) in [6.07, 6.45) is 3.42. The van der Waals surface area contributed by atoms with E-state index in [4.69, 9.17) is 4.55 Å². The highest BCUT2D eigenvalue weighted by atomic mass is 32.2. The molecule has 0 aliphatic carbocycles. The van der Waals surface area contributed by atoms with Crippen LogP contribution in [0, 0.1) is 0 Å². The molecular formula is C12H19N2O4S+. The maximum atomic E-state index is 12.0. The van der Waals surface area contributed by atoms with E-state index in [0.717, 1.165) is 5.56 Å². The van der Waals surface area contributed by atoms with Gasteiger partial charge in [0.15, 0.2) is 0 Å². The smallest absolute Gasteiger partial charge is 0.286 e. The Morgan fingerprint density at radius 1 is 1.26 bits per heavy atom. The fourth-order valence-corrected chi connectivity index (χ4v) is 2.15. The van der Waals surface area contributed by atoms with Crippen LogP contribution in [0.4, 0.5) is 4.79 Å². The quantitative estimate of drug-likeness (QED) is 0.639. The largest absolute Gasteiger partial charge is 0.497 e. The summed E-state index contributed by atoms with van der Waals surface area (Å²) in [7, 11) is -3.95. The molecule has 1 N–H and O–H groups in total. The molecule has 1 rings (SSSR count). The van der Waals surface area contributed by atoms with Gasteiger partial charge in [-0.3, -0.25) is 4.55 Å². The third-order valence-corrected chi connectivity index (χ3v) is 3.52. The third-order valence-electron chi connectivity index (χ3n) is 2.80. The highest BCUT2D eigenvalue weighted by Crippen LogP contribution is 1.99. The van der Waals surface area contributed by atoms with E-state index in [9.17, 15) is 13.2 Å². The zero-order chi connectivity index (χ0) is 14.5. The second-order valence-corrected chi connectivity index (χ2v) is 5.68. The fourth-order valence-electron chi connectivity index (χ4n) is 1.66. The average molecular weight is 287 g/mol. The molecule has 0 aliphatic heterocycles. The molecule has 19 heavy (non-hydrogen) atoms. The molecule has 6 nitrogen and oxygen atoms in total. The normalized spacial score (nSPS) is 11.3. The van der Waals surface area contributed by atoms with E-state index in [0.29, 0.717) is 13.1 Å². The number of aromatic nitrogens is 1. The van der Waals surface area contributed by atoms with Crippen molar-refractivity contribution in [1.82, 2.24) is 4.90 Å². The van der Waals surface area contributed by atoms with Gasteiger partial charge in [-0.2, -0.15) is 17.8 Å². The molecular weight excluding hydrogens is 268 g/mol. The Morgan fingerprint density at radius 2 is 1.79 bits per heavy atom. The summed E-state index contributed by atoms with van der Waals surface area (Å²) >= 11 is 0. The van der Waals surface area contributed by atoms with Gasteiger partial charge < -0.3 is 0 Å². The Labute approximate surface area is 113 Å². The number of pyridine rings is 1. The zero-order valence-electron chi connectivity index (χ0n) is 11.1. The molecule has 0 bridgehead atoms. The average Bonchev–Trinajstić information content (AvgIpc) is 2.37. The van der Waals surface area contributed by atoms with Crippen LogP contribution in [0.3, 0.4) is 0 Å². The standard InChI is InChI=1S/C12H18N2O4S/c1-3-13(4-2)12(15)14-8-5-11(6-9-14)7-10-19(16,17)18/h5-6,8-9H,3-4,7,10H2,1-2H3/p+1. The van der Waals surface area contributed by atoms with Crippen molar-refractivity contribution in [2.24, 2.45) is 0 Å². The minimum Gasteiger partial charge on any atom is -0.286 e. The van der Waals surface area contributed by atoms with Crippen LogP contribution in [0.1, 0.15) is 19.4 Å². The lowest BCUT2D eigenvalue weighted by atomic mass is 10.2. The third kappa shape index (κ3) is 4.96. The summed E-state index contributed by atoms with van der Waals surface area (Å²) in [5.74, 6) is -0.318.